The Morgan fingerprint density at radius 3 is 2.79 bits per heavy atom. The first kappa shape index (κ1) is 20.8. The second kappa shape index (κ2) is 8.61. The molecular weight excluding hydrogens is 376 g/mol. The molecule has 1 saturated heterocycles. The highest BCUT2D eigenvalue weighted by Gasteiger charge is 2.31. The highest BCUT2D eigenvalue weighted by molar-refractivity contribution is 7.88. The van der Waals surface area contributed by atoms with E-state index in [0.717, 1.165) is 43.6 Å². The Bertz CT molecular complexity index is 938. The largest absolute Gasteiger partial charge is 0.338 e. The molecule has 0 aromatic carbocycles. The van der Waals surface area contributed by atoms with Gasteiger partial charge in [0.15, 0.2) is 5.69 Å². The highest BCUT2D eigenvalue weighted by atomic mass is 32.2. The van der Waals surface area contributed by atoms with Crippen molar-refractivity contribution in [3.05, 3.63) is 35.9 Å². The van der Waals surface area contributed by atoms with Crippen molar-refractivity contribution in [2.75, 3.05) is 32.4 Å². The normalized spacial score (nSPS) is 18.5. The number of imidazole rings is 1. The summed E-state index contributed by atoms with van der Waals surface area (Å²) in [7, 11) is -3.24. The van der Waals surface area contributed by atoms with Gasteiger partial charge in [0.2, 0.25) is 10.0 Å². The Labute approximate surface area is 167 Å². The maximum Gasteiger partial charge on any atom is 0.274 e. The van der Waals surface area contributed by atoms with Gasteiger partial charge in [0.25, 0.3) is 5.91 Å². The molecule has 1 unspecified atom stereocenters. The van der Waals surface area contributed by atoms with Crippen LogP contribution in [0.5, 0.6) is 0 Å². The molecule has 8 heteroatoms. The zero-order valence-electron chi connectivity index (χ0n) is 17.0. The first-order valence-corrected chi connectivity index (χ1v) is 11.9. The molecule has 2 aromatic heterocycles. The van der Waals surface area contributed by atoms with Gasteiger partial charge in [0.05, 0.1) is 11.8 Å². The van der Waals surface area contributed by atoms with E-state index in [1.54, 1.807) is 0 Å². The summed E-state index contributed by atoms with van der Waals surface area (Å²) in [6.45, 7) is 6.42. The van der Waals surface area contributed by atoms with Crippen molar-refractivity contribution in [2.24, 2.45) is 0 Å². The summed E-state index contributed by atoms with van der Waals surface area (Å²) >= 11 is 0. The number of aromatic nitrogens is 2. The van der Waals surface area contributed by atoms with Crippen LogP contribution in [0, 0.1) is 0 Å². The van der Waals surface area contributed by atoms with Crippen molar-refractivity contribution in [2.45, 2.75) is 45.4 Å². The van der Waals surface area contributed by atoms with Crippen molar-refractivity contribution >= 4 is 21.4 Å². The molecule has 154 valence electrons. The number of amides is 1. The maximum atomic E-state index is 13.2. The number of fused-ring (bicyclic) bond motifs is 1. The average molecular weight is 407 g/mol. The number of pyridine rings is 1. The minimum atomic E-state index is -3.24. The number of carbonyl (C=O) groups excluding carboxylic acids is 1. The van der Waals surface area contributed by atoms with Crippen LogP contribution in [0.4, 0.5) is 0 Å². The van der Waals surface area contributed by atoms with Gasteiger partial charge in [0.1, 0.15) is 5.82 Å². The number of rotatable bonds is 7. The van der Waals surface area contributed by atoms with Crippen LogP contribution in [0.15, 0.2) is 24.4 Å². The monoisotopic (exact) mass is 406 g/mol. The fraction of sp³-hybridized carbons (Fsp3) is 0.600. The average Bonchev–Trinajstić information content (AvgIpc) is 3.07. The second-order valence-corrected chi connectivity index (χ2v) is 9.46. The van der Waals surface area contributed by atoms with Gasteiger partial charge < -0.3 is 9.30 Å². The van der Waals surface area contributed by atoms with Crippen LogP contribution >= 0.6 is 0 Å². The van der Waals surface area contributed by atoms with Crippen LogP contribution in [0.25, 0.3) is 5.52 Å². The van der Waals surface area contributed by atoms with Gasteiger partial charge in [-0.15, -0.1) is 0 Å². The molecule has 3 rings (SSSR count). The van der Waals surface area contributed by atoms with Crippen LogP contribution in [0.1, 0.15) is 61.8 Å². The lowest BCUT2D eigenvalue weighted by Gasteiger charge is -2.30. The zero-order chi connectivity index (χ0) is 20.3. The number of nitrogens with zero attached hydrogens (tertiary/aromatic N) is 4. The van der Waals surface area contributed by atoms with Crippen molar-refractivity contribution in [3.63, 3.8) is 0 Å². The van der Waals surface area contributed by atoms with Gasteiger partial charge in [-0.1, -0.05) is 19.4 Å². The van der Waals surface area contributed by atoms with Crippen molar-refractivity contribution < 1.29 is 13.2 Å². The van der Waals surface area contributed by atoms with E-state index in [1.165, 1.54) is 10.6 Å². The number of carbonyl (C=O) groups is 1. The second-order valence-electron chi connectivity index (χ2n) is 7.47. The van der Waals surface area contributed by atoms with Crippen molar-refractivity contribution in [1.29, 1.82) is 0 Å². The number of piperidine rings is 1. The molecule has 1 fully saturated rings. The SMILES string of the molecule is CCCCN(CC)C(=O)c1nc(C2CCCN(S(C)(=O)=O)C2)n2ccccc12. The Morgan fingerprint density at radius 2 is 2.11 bits per heavy atom. The minimum Gasteiger partial charge on any atom is -0.338 e. The molecule has 0 saturated carbocycles. The highest BCUT2D eigenvalue weighted by Crippen LogP contribution is 2.29. The number of hydrogen-bond donors (Lipinski definition) is 0. The fourth-order valence-electron chi connectivity index (χ4n) is 3.86. The summed E-state index contributed by atoms with van der Waals surface area (Å²) in [6.07, 6.45) is 6.81. The maximum absolute atomic E-state index is 13.2. The van der Waals surface area contributed by atoms with Gasteiger partial charge in [-0.3, -0.25) is 4.79 Å². The van der Waals surface area contributed by atoms with E-state index < -0.39 is 10.0 Å². The van der Waals surface area contributed by atoms with Crippen LogP contribution in [-0.4, -0.2) is 65.3 Å². The Kier molecular flexibility index (Phi) is 6.40. The Morgan fingerprint density at radius 1 is 1.32 bits per heavy atom. The topological polar surface area (TPSA) is 75.0 Å². The third kappa shape index (κ3) is 4.22. The lowest BCUT2D eigenvalue weighted by molar-refractivity contribution is 0.0758. The summed E-state index contributed by atoms with van der Waals surface area (Å²) in [6, 6.07) is 5.73. The van der Waals surface area contributed by atoms with E-state index in [9.17, 15) is 13.2 Å². The summed E-state index contributed by atoms with van der Waals surface area (Å²) in [4.78, 5) is 19.8. The summed E-state index contributed by atoms with van der Waals surface area (Å²) in [5.74, 6) is 0.700. The Balaban J connectivity index is 1.98. The predicted molar refractivity (Wildman–Crippen MR) is 110 cm³/mol. The smallest absolute Gasteiger partial charge is 0.274 e. The molecule has 1 aliphatic rings. The van der Waals surface area contributed by atoms with Gasteiger partial charge in [-0.25, -0.2) is 17.7 Å². The summed E-state index contributed by atoms with van der Waals surface area (Å²) < 4.78 is 27.5. The number of hydrogen-bond acceptors (Lipinski definition) is 4. The van der Waals surface area contributed by atoms with Gasteiger partial charge in [-0.2, -0.15) is 0 Å². The molecule has 0 radical (unpaired) electrons. The van der Waals surface area contributed by atoms with E-state index in [-0.39, 0.29) is 11.8 Å². The first-order chi connectivity index (χ1) is 13.4. The molecule has 2 aromatic rings. The molecule has 0 spiro atoms. The van der Waals surface area contributed by atoms with E-state index in [4.69, 9.17) is 4.98 Å². The summed E-state index contributed by atoms with van der Waals surface area (Å²) in [5, 5.41) is 0. The van der Waals surface area contributed by atoms with Gasteiger partial charge in [-0.05, 0) is 38.3 Å². The van der Waals surface area contributed by atoms with E-state index in [1.807, 2.05) is 40.6 Å². The third-order valence-corrected chi connectivity index (χ3v) is 6.72. The molecule has 1 aliphatic heterocycles. The predicted octanol–water partition coefficient (Wildman–Crippen LogP) is 2.74. The molecule has 28 heavy (non-hydrogen) atoms. The van der Waals surface area contributed by atoms with Crippen LogP contribution in [-0.2, 0) is 10.0 Å². The van der Waals surface area contributed by atoms with E-state index in [0.29, 0.717) is 25.3 Å². The molecule has 3 heterocycles. The third-order valence-electron chi connectivity index (χ3n) is 5.45. The molecular formula is C20H30N4O3S. The van der Waals surface area contributed by atoms with Crippen LogP contribution < -0.4 is 0 Å². The molecule has 1 atom stereocenters. The lowest BCUT2D eigenvalue weighted by atomic mass is 9.99. The number of unbranched alkanes of at least 4 members (excludes halogenated alkanes) is 1. The fourth-order valence-corrected chi connectivity index (χ4v) is 4.77. The zero-order valence-corrected chi connectivity index (χ0v) is 17.8. The van der Waals surface area contributed by atoms with Crippen molar-refractivity contribution in [1.82, 2.24) is 18.6 Å². The van der Waals surface area contributed by atoms with E-state index >= 15 is 0 Å². The van der Waals surface area contributed by atoms with Crippen molar-refractivity contribution in [3.8, 4) is 0 Å². The summed E-state index contributed by atoms with van der Waals surface area (Å²) in [5.41, 5.74) is 1.25. The van der Waals surface area contributed by atoms with Crippen LogP contribution in [0.3, 0.4) is 0 Å². The number of sulfonamides is 1. The quantitative estimate of drug-likeness (QED) is 0.709. The molecule has 7 nitrogen and oxygen atoms in total. The van der Waals surface area contributed by atoms with Crippen LogP contribution in [0.2, 0.25) is 0 Å². The van der Waals surface area contributed by atoms with E-state index in [2.05, 4.69) is 6.92 Å². The lowest BCUT2D eigenvalue weighted by Crippen LogP contribution is -2.38. The van der Waals surface area contributed by atoms with Gasteiger partial charge in [0, 0.05) is 38.3 Å². The standard InChI is InChI=1S/C20H30N4O3S/c1-4-6-12-22(5-2)20(25)18-17-11-7-8-14-24(17)19(21-18)16-10-9-13-23(15-16)28(3,26)27/h7-8,11,14,16H,4-6,9-10,12-13,15H2,1-3H3. The molecule has 1 amide bonds. The van der Waals surface area contributed by atoms with Gasteiger partial charge >= 0.3 is 0 Å². The first-order valence-electron chi connectivity index (χ1n) is 10.1. The molecule has 0 aliphatic carbocycles. The molecule has 0 N–H and O–H groups in total. The Hall–Kier alpha value is -1.93. The molecule has 0 bridgehead atoms. The minimum absolute atomic E-state index is 0.0226.